The fraction of sp³-hybridized carbons (Fsp3) is 0.500. The summed E-state index contributed by atoms with van der Waals surface area (Å²) < 4.78 is 0. The Balaban J connectivity index is 4.01. The highest BCUT2D eigenvalue weighted by molar-refractivity contribution is 5.58. The molecule has 11 heavy (non-hydrogen) atoms. The van der Waals surface area contributed by atoms with Gasteiger partial charge in [-0.25, -0.2) is 0 Å². The van der Waals surface area contributed by atoms with Crippen LogP contribution in [-0.4, -0.2) is 6.21 Å². The molecule has 0 aliphatic carbocycles. The summed E-state index contributed by atoms with van der Waals surface area (Å²) in [5, 5.41) is 0. The Kier molecular flexibility index (Phi) is 5.44. The predicted molar refractivity (Wildman–Crippen MR) is 52.0 cm³/mol. The van der Waals surface area contributed by atoms with Gasteiger partial charge in [0.1, 0.15) is 0 Å². The second-order valence-corrected chi connectivity index (χ2v) is 2.77. The van der Waals surface area contributed by atoms with Gasteiger partial charge in [0.15, 0.2) is 0 Å². The van der Waals surface area contributed by atoms with E-state index in [0.29, 0.717) is 0 Å². The molecule has 0 spiro atoms. The van der Waals surface area contributed by atoms with E-state index >= 15 is 0 Å². The number of rotatable bonds is 3. The van der Waals surface area contributed by atoms with Crippen molar-refractivity contribution in [2.75, 3.05) is 0 Å². The molecule has 0 N–H and O–H groups in total. The van der Waals surface area contributed by atoms with Crippen molar-refractivity contribution < 1.29 is 0 Å². The third-order valence-corrected chi connectivity index (χ3v) is 1.14. The van der Waals surface area contributed by atoms with E-state index in [0.717, 1.165) is 12.1 Å². The highest BCUT2D eigenvalue weighted by Gasteiger charge is 1.78. The first-order valence-electron chi connectivity index (χ1n) is 4.01. The lowest BCUT2D eigenvalue weighted by Gasteiger charge is -1.88. The monoisotopic (exact) mass is 151 g/mol. The molecule has 0 aromatic carbocycles. The summed E-state index contributed by atoms with van der Waals surface area (Å²) in [6.07, 6.45) is 7.02. The smallest absolute Gasteiger partial charge is 0.0368 e. The Morgan fingerprint density at radius 2 is 1.82 bits per heavy atom. The molecule has 0 heterocycles. The van der Waals surface area contributed by atoms with E-state index in [4.69, 9.17) is 0 Å². The first kappa shape index (κ1) is 10.2. The van der Waals surface area contributed by atoms with Crippen molar-refractivity contribution in [2.24, 2.45) is 4.99 Å². The molecule has 0 saturated heterocycles. The van der Waals surface area contributed by atoms with E-state index in [1.54, 1.807) is 0 Å². The lowest BCUT2D eigenvalue weighted by molar-refractivity contribution is 1.25. The van der Waals surface area contributed by atoms with Crippen molar-refractivity contribution in [3.05, 3.63) is 23.4 Å². The Bertz CT molecular complexity index is 181. The molecule has 0 saturated carbocycles. The van der Waals surface area contributed by atoms with Crippen LogP contribution in [0.25, 0.3) is 0 Å². The van der Waals surface area contributed by atoms with Crippen molar-refractivity contribution in [2.45, 2.75) is 34.1 Å². The van der Waals surface area contributed by atoms with Crippen molar-refractivity contribution in [3.63, 3.8) is 0 Å². The maximum atomic E-state index is 4.21. The molecule has 0 rings (SSSR count). The van der Waals surface area contributed by atoms with Gasteiger partial charge in [0, 0.05) is 11.9 Å². The standard InChI is InChI=1S/C10H17N/c1-5-8-11-10(4)7-6-9(2)3/h6-8H,5H2,1-4H3/b10-7+,11-8?. The van der Waals surface area contributed by atoms with E-state index < -0.39 is 0 Å². The highest BCUT2D eigenvalue weighted by Crippen LogP contribution is 1.97. The molecule has 0 aliphatic rings. The maximum absolute atomic E-state index is 4.21. The second-order valence-electron chi connectivity index (χ2n) is 2.77. The third-order valence-electron chi connectivity index (χ3n) is 1.14. The van der Waals surface area contributed by atoms with Crippen LogP contribution in [0.1, 0.15) is 34.1 Å². The lowest BCUT2D eigenvalue weighted by atomic mass is 10.3. The molecule has 0 radical (unpaired) electrons. The normalized spacial score (nSPS) is 12.2. The van der Waals surface area contributed by atoms with Crippen LogP contribution in [0.2, 0.25) is 0 Å². The van der Waals surface area contributed by atoms with Crippen LogP contribution in [0.4, 0.5) is 0 Å². The van der Waals surface area contributed by atoms with Gasteiger partial charge in [-0.05, 0) is 33.3 Å². The third kappa shape index (κ3) is 7.04. The van der Waals surface area contributed by atoms with E-state index in [-0.39, 0.29) is 0 Å². The van der Waals surface area contributed by atoms with Gasteiger partial charge in [0.05, 0.1) is 0 Å². The van der Waals surface area contributed by atoms with Crippen LogP contribution in [0.5, 0.6) is 0 Å². The van der Waals surface area contributed by atoms with Gasteiger partial charge in [-0.1, -0.05) is 18.6 Å². The van der Waals surface area contributed by atoms with Crippen LogP contribution in [0.3, 0.4) is 0 Å². The summed E-state index contributed by atoms with van der Waals surface area (Å²) in [6, 6.07) is 0. The van der Waals surface area contributed by atoms with Crippen LogP contribution in [0.15, 0.2) is 28.4 Å². The topological polar surface area (TPSA) is 12.4 Å². The second kappa shape index (κ2) is 5.90. The van der Waals surface area contributed by atoms with Crippen LogP contribution in [-0.2, 0) is 0 Å². The predicted octanol–water partition coefficient (Wildman–Crippen LogP) is 3.34. The average Bonchev–Trinajstić information content (AvgIpc) is 1.97. The van der Waals surface area contributed by atoms with E-state index in [2.05, 4.69) is 31.8 Å². The quantitative estimate of drug-likeness (QED) is 0.433. The molecule has 0 aromatic rings. The molecule has 0 bridgehead atoms. The molecular weight excluding hydrogens is 134 g/mol. The van der Waals surface area contributed by atoms with Gasteiger partial charge in [-0.15, -0.1) is 0 Å². The molecule has 0 aliphatic heterocycles. The molecule has 62 valence electrons. The Morgan fingerprint density at radius 1 is 1.18 bits per heavy atom. The van der Waals surface area contributed by atoms with E-state index in [1.807, 2.05) is 19.2 Å². The average molecular weight is 151 g/mol. The maximum Gasteiger partial charge on any atom is 0.0368 e. The van der Waals surface area contributed by atoms with E-state index in [1.165, 1.54) is 5.57 Å². The van der Waals surface area contributed by atoms with Crippen molar-refractivity contribution >= 4 is 6.21 Å². The summed E-state index contributed by atoms with van der Waals surface area (Å²) in [5.41, 5.74) is 2.36. The number of hydrogen-bond donors (Lipinski definition) is 0. The molecule has 0 atom stereocenters. The van der Waals surface area contributed by atoms with Crippen LogP contribution < -0.4 is 0 Å². The highest BCUT2D eigenvalue weighted by atomic mass is 14.7. The van der Waals surface area contributed by atoms with Gasteiger partial charge in [0.25, 0.3) is 0 Å². The van der Waals surface area contributed by atoms with Gasteiger partial charge >= 0.3 is 0 Å². The Hall–Kier alpha value is -0.850. The van der Waals surface area contributed by atoms with Crippen molar-refractivity contribution in [1.82, 2.24) is 0 Å². The summed E-state index contributed by atoms with van der Waals surface area (Å²) >= 11 is 0. The SMILES string of the molecule is CCC=N/C(C)=C/C=C(C)C. The minimum atomic E-state index is 1.00. The fourth-order valence-corrected chi connectivity index (χ4v) is 0.566. The van der Waals surface area contributed by atoms with Gasteiger partial charge in [-0.3, -0.25) is 4.99 Å². The summed E-state index contributed by atoms with van der Waals surface area (Å²) in [5.74, 6) is 0. The molecular formula is C10H17N. The van der Waals surface area contributed by atoms with Crippen LogP contribution >= 0.6 is 0 Å². The molecule has 0 amide bonds. The molecule has 1 heteroatoms. The summed E-state index contributed by atoms with van der Waals surface area (Å²) in [4.78, 5) is 4.21. The number of aliphatic imine (C=N–C) groups is 1. The number of nitrogens with zero attached hydrogens (tertiary/aromatic N) is 1. The van der Waals surface area contributed by atoms with Gasteiger partial charge in [-0.2, -0.15) is 0 Å². The minimum absolute atomic E-state index is 1.00. The van der Waals surface area contributed by atoms with Gasteiger partial charge < -0.3 is 0 Å². The molecule has 0 fully saturated rings. The zero-order valence-electron chi connectivity index (χ0n) is 7.89. The summed E-state index contributed by atoms with van der Waals surface area (Å²) in [7, 11) is 0. The zero-order chi connectivity index (χ0) is 8.69. The fourth-order valence-electron chi connectivity index (χ4n) is 0.566. The first-order chi connectivity index (χ1) is 5.16. The Morgan fingerprint density at radius 3 is 2.27 bits per heavy atom. The zero-order valence-corrected chi connectivity index (χ0v) is 7.89. The molecule has 1 nitrogen and oxygen atoms in total. The first-order valence-corrected chi connectivity index (χ1v) is 4.01. The van der Waals surface area contributed by atoms with Crippen LogP contribution in [0, 0.1) is 0 Å². The lowest BCUT2D eigenvalue weighted by Crippen LogP contribution is -1.71. The Labute approximate surface area is 69.5 Å². The van der Waals surface area contributed by atoms with Gasteiger partial charge in [0.2, 0.25) is 0 Å². The minimum Gasteiger partial charge on any atom is -0.266 e. The summed E-state index contributed by atoms with van der Waals surface area (Å²) in [6.45, 7) is 8.24. The number of hydrogen-bond acceptors (Lipinski definition) is 1. The molecule has 0 unspecified atom stereocenters. The van der Waals surface area contributed by atoms with Crippen molar-refractivity contribution in [1.29, 1.82) is 0 Å². The molecule has 0 aromatic heterocycles. The van der Waals surface area contributed by atoms with E-state index in [9.17, 15) is 0 Å². The largest absolute Gasteiger partial charge is 0.266 e. The number of allylic oxidation sites excluding steroid dienone is 4. The van der Waals surface area contributed by atoms with Crippen molar-refractivity contribution in [3.8, 4) is 0 Å².